The molecule has 0 aliphatic rings. The van der Waals surface area contributed by atoms with Crippen molar-refractivity contribution >= 4 is 0 Å². The van der Waals surface area contributed by atoms with Gasteiger partial charge >= 0.3 is 0 Å². The van der Waals surface area contributed by atoms with Gasteiger partial charge < -0.3 is 0 Å². The second-order valence-corrected chi connectivity index (χ2v) is 5.16. The molecule has 0 aliphatic heterocycles. The predicted octanol–water partition coefficient (Wildman–Crippen LogP) is 4.96. The van der Waals surface area contributed by atoms with Crippen LogP contribution < -0.4 is 0 Å². The van der Waals surface area contributed by atoms with Gasteiger partial charge in [0.05, 0.1) is 0 Å². The van der Waals surface area contributed by atoms with Gasteiger partial charge in [0.15, 0.2) is 0 Å². The van der Waals surface area contributed by atoms with E-state index in [2.05, 4.69) is 63.2 Å². The van der Waals surface area contributed by atoms with Crippen LogP contribution in [0.4, 0.5) is 0 Å². The standard InChI is InChI=1S/C19H24/c1-4-15-7-9-16(10-8-15)13-17-11-12-18(5-2)19(6-3)14-17/h7-12,14H,4-6,13H2,1-3H3. The van der Waals surface area contributed by atoms with Crippen molar-refractivity contribution in [1.82, 2.24) is 0 Å². The van der Waals surface area contributed by atoms with Crippen LogP contribution in [0, 0.1) is 0 Å². The number of rotatable bonds is 5. The average Bonchev–Trinajstić information content (AvgIpc) is 2.48. The smallest absolute Gasteiger partial charge is 0.00257 e. The van der Waals surface area contributed by atoms with Crippen molar-refractivity contribution in [3.63, 3.8) is 0 Å². The minimum Gasteiger partial charge on any atom is -0.0613 e. The van der Waals surface area contributed by atoms with Crippen LogP contribution in [0.2, 0.25) is 0 Å². The first kappa shape index (κ1) is 13.9. The quantitative estimate of drug-likeness (QED) is 0.705. The van der Waals surface area contributed by atoms with Crippen LogP contribution in [0.15, 0.2) is 42.5 Å². The summed E-state index contributed by atoms with van der Waals surface area (Å²) in [6.07, 6.45) is 4.42. The normalized spacial score (nSPS) is 10.7. The molecule has 0 nitrogen and oxygen atoms in total. The second kappa shape index (κ2) is 6.56. The van der Waals surface area contributed by atoms with Gasteiger partial charge in [-0.25, -0.2) is 0 Å². The second-order valence-electron chi connectivity index (χ2n) is 5.16. The zero-order valence-electron chi connectivity index (χ0n) is 12.4. The first-order valence-corrected chi connectivity index (χ1v) is 7.45. The molecule has 0 atom stereocenters. The third kappa shape index (κ3) is 3.47. The Balaban J connectivity index is 2.18. The van der Waals surface area contributed by atoms with E-state index in [1.54, 1.807) is 0 Å². The highest BCUT2D eigenvalue weighted by atomic mass is 14.1. The van der Waals surface area contributed by atoms with Gasteiger partial charge in [0, 0.05) is 0 Å². The molecule has 19 heavy (non-hydrogen) atoms. The van der Waals surface area contributed by atoms with Crippen LogP contribution in [0.5, 0.6) is 0 Å². The molecular weight excluding hydrogens is 228 g/mol. The first-order chi connectivity index (χ1) is 9.26. The maximum atomic E-state index is 2.38. The molecular formula is C19H24. The monoisotopic (exact) mass is 252 g/mol. The maximum absolute atomic E-state index is 2.38. The molecule has 0 heteroatoms. The van der Waals surface area contributed by atoms with Gasteiger partial charge in [0.25, 0.3) is 0 Å². The zero-order valence-corrected chi connectivity index (χ0v) is 12.4. The van der Waals surface area contributed by atoms with Gasteiger partial charge in [-0.3, -0.25) is 0 Å². The molecule has 0 radical (unpaired) electrons. The van der Waals surface area contributed by atoms with Gasteiger partial charge in [0.1, 0.15) is 0 Å². The average molecular weight is 252 g/mol. The van der Waals surface area contributed by atoms with Crippen LogP contribution in [-0.4, -0.2) is 0 Å². The molecule has 0 saturated carbocycles. The summed E-state index contributed by atoms with van der Waals surface area (Å²) in [7, 11) is 0. The van der Waals surface area contributed by atoms with Crippen molar-refractivity contribution < 1.29 is 0 Å². The van der Waals surface area contributed by atoms with E-state index < -0.39 is 0 Å². The third-order valence-corrected chi connectivity index (χ3v) is 3.87. The van der Waals surface area contributed by atoms with Crippen LogP contribution in [0.25, 0.3) is 0 Å². The fraction of sp³-hybridized carbons (Fsp3) is 0.368. The Morgan fingerprint density at radius 2 is 1.16 bits per heavy atom. The largest absolute Gasteiger partial charge is 0.0613 e. The lowest BCUT2D eigenvalue weighted by Crippen LogP contribution is -1.95. The lowest BCUT2D eigenvalue weighted by molar-refractivity contribution is 1.02. The third-order valence-electron chi connectivity index (χ3n) is 3.87. The fourth-order valence-corrected chi connectivity index (χ4v) is 2.59. The molecule has 2 aromatic rings. The molecule has 0 aromatic heterocycles. The Hall–Kier alpha value is -1.56. The zero-order chi connectivity index (χ0) is 13.7. The van der Waals surface area contributed by atoms with Crippen molar-refractivity contribution in [3.05, 3.63) is 70.3 Å². The fourth-order valence-electron chi connectivity index (χ4n) is 2.59. The van der Waals surface area contributed by atoms with Gasteiger partial charge in [0.2, 0.25) is 0 Å². The Bertz CT molecular complexity index is 520. The lowest BCUT2D eigenvalue weighted by atomic mass is 9.96. The van der Waals surface area contributed by atoms with E-state index in [-0.39, 0.29) is 0 Å². The van der Waals surface area contributed by atoms with Crippen molar-refractivity contribution in [2.24, 2.45) is 0 Å². The number of hydrogen-bond donors (Lipinski definition) is 0. The van der Waals surface area contributed by atoms with E-state index >= 15 is 0 Å². The summed E-state index contributed by atoms with van der Waals surface area (Å²) in [6.45, 7) is 6.68. The summed E-state index contributed by atoms with van der Waals surface area (Å²) >= 11 is 0. The Kier molecular flexibility index (Phi) is 4.79. The maximum Gasteiger partial charge on any atom is -0.00257 e. The highest BCUT2D eigenvalue weighted by Gasteiger charge is 2.02. The lowest BCUT2D eigenvalue weighted by Gasteiger charge is -2.09. The van der Waals surface area contributed by atoms with E-state index in [0.717, 1.165) is 25.7 Å². The first-order valence-electron chi connectivity index (χ1n) is 7.45. The highest BCUT2D eigenvalue weighted by molar-refractivity contribution is 5.35. The SMILES string of the molecule is CCc1ccc(Cc2ccc(CC)c(CC)c2)cc1. The van der Waals surface area contributed by atoms with E-state index in [0.29, 0.717) is 0 Å². The molecule has 0 bridgehead atoms. The summed E-state index contributed by atoms with van der Waals surface area (Å²) in [6, 6.07) is 16.0. The van der Waals surface area contributed by atoms with E-state index in [9.17, 15) is 0 Å². The van der Waals surface area contributed by atoms with Crippen LogP contribution in [0.1, 0.15) is 48.6 Å². The minimum atomic E-state index is 1.04. The van der Waals surface area contributed by atoms with Gasteiger partial charge in [-0.1, -0.05) is 63.2 Å². The summed E-state index contributed by atoms with van der Waals surface area (Å²) < 4.78 is 0. The summed E-state index contributed by atoms with van der Waals surface area (Å²) in [5, 5.41) is 0. The van der Waals surface area contributed by atoms with Crippen molar-refractivity contribution in [1.29, 1.82) is 0 Å². The molecule has 0 spiro atoms. The molecule has 0 aliphatic carbocycles. The minimum absolute atomic E-state index is 1.04. The van der Waals surface area contributed by atoms with Gasteiger partial charge in [-0.05, 0) is 53.5 Å². The highest BCUT2D eigenvalue weighted by Crippen LogP contribution is 2.17. The number of benzene rings is 2. The van der Waals surface area contributed by atoms with E-state index in [4.69, 9.17) is 0 Å². The molecule has 0 N–H and O–H groups in total. The molecule has 0 unspecified atom stereocenters. The molecule has 2 rings (SSSR count). The van der Waals surface area contributed by atoms with Gasteiger partial charge in [-0.15, -0.1) is 0 Å². The predicted molar refractivity (Wildman–Crippen MR) is 83.8 cm³/mol. The summed E-state index contributed by atoms with van der Waals surface area (Å²) in [4.78, 5) is 0. The van der Waals surface area contributed by atoms with Crippen LogP contribution in [-0.2, 0) is 25.7 Å². The van der Waals surface area contributed by atoms with E-state index in [1.165, 1.54) is 27.8 Å². The number of aryl methyl sites for hydroxylation is 3. The topological polar surface area (TPSA) is 0 Å². The van der Waals surface area contributed by atoms with Crippen LogP contribution >= 0.6 is 0 Å². The van der Waals surface area contributed by atoms with Crippen molar-refractivity contribution in [3.8, 4) is 0 Å². The Morgan fingerprint density at radius 3 is 1.74 bits per heavy atom. The molecule has 0 amide bonds. The van der Waals surface area contributed by atoms with Crippen molar-refractivity contribution in [2.45, 2.75) is 46.5 Å². The molecule has 0 fully saturated rings. The number of hydrogen-bond acceptors (Lipinski definition) is 0. The Labute approximate surface area is 117 Å². The Morgan fingerprint density at radius 1 is 0.579 bits per heavy atom. The summed E-state index contributed by atoms with van der Waals surface area (Å²) in [5.74, 6) is 0. The van der Waals surface area contributed by atoms with Gasteiger partial charge in [-0.2, -0.15) is 0 Å². The van der Waals surface area contributed by atoms with Crippen molar-refractivity contribution in [2.75, 3.05) is 0 Å². The molecule has 100 valence electrons. The molecule has 0 saturated heterocycles. The van der Waals surface area contributed by atoms with Crippen LogP contribution in [0.3, 0.4) is 0 Å². The molecule has 0 heterocycles. The summed E-state index contributed by atoms with van der Waals surface area (Å²) in [5.41, 5.74) is 7.25. The van der Waals surface area contributed by atoms with E-state index in [1.807, 2.05) is 0 Å². The molecule has 2 aromatic carbocycles.